The largest absolute Gasteiger partial charge is 0.465 e. The fraction of sp³-hybridized carbons (Fsp3) is 0.625. The Labute approximate surface area is 131 Å². The molecule has 0 atom stereocenters. The van der Waals surface area contributed by atoms with Crippen LogP contribution < -0.4 is 0 Å². The number of amides is 1. The molecule has 0 aromatic carbocycles. The molecule has 6 heteroatoms. The number of hydrogen-bond donors (Lipinski definition) is 1. The van der Waals surface area contributed by atoms with Crippen LogP contribution in [0.1, 0.15) is 46.0 Å². The molecule has 0 aliphatic heterocycles. The van der Waals surface area contributed by atoms with Crippen LogP contribution in [0.3, 0.4) is 0 Å². The van der Waals surface area contributed by atoms with Crippen LogP contribution in [0.4, 0.5) is 0 Å². The van der Waals surface area contributed by atoms with Crippen LogP contribution in [-0.2, 0) is 9.47 Å². The van der Waals surface area contributed by atoms with Crippen molar-refractivity contribution in [2.75, 3.05) is 33.9 Å². The highest BCUT2D eigenvalue weighted by Gasteiger charge is 2.25. The fourth-order valence-corrected chi connectivity index (χ4v) is 2.45. The second kappa shape index (κ2) is 7.98. The number of hydrogen-bond acceptors (Lipinski definition) is 4. The third-order valence-electron chi connectivity index (χ3n) is 3.48. The summed E-state index contributed by atoms with van der Waals surface area (Å²) in [6, 6.07) is 0. The Balaban J connectivity index is 3.11. The third kappa shape index (κ3) is 4.10. The maximum absolute atomic E-state index is 12.8. The molecule has 1 rings (SSSR count). The summed E-state index contributed by atoms with van der Waals surface area (Å²) in [7, 11) is 2.94. The summed E-state index contributed by atoms with van der Waals surface area (Å²) in [5.41, 5.74) is 2.14. The average molecular weight is 310 g/mol. The molecule has 0 bridgehead atoms. The summed E-state index contributed by atoms with van der Waals surface area (Å²) in [5.74, 6) is -0.212. The van der Waals surface area contributed by atoms with Crippen LogP contribution in [0.25, 0.3) is 0 Å². The lowest BCUT2D eigenvalue weighted by Gasteiger charge is -2.24. The molecule has 0 aliphatic rings. The molecule has 1 aromatic rings. The van der Waals surface area contributed by atoms with Gasteiger partial charge in [-0.3, -0.25) is 4.79 Å². The van der Waals surface area contributed by atoms with E-state index in [1.807, 2.05) is 0 Å². The number of aryl methyl sites for hydroxylation is 1. The molecule has 124 valence electrons. The van der Waals surface area contributed by atoms with Crippen molar-refractivity contribution in [3.8, 4) is 0 Å². The first-order chi connectivity index (χ1) is 10.3. The SMILES string of the molecule is COCCN(CC(C)C)C(=O)c1[nH]c(C)c(C(=O)OC)c1C. The minimum atomic E-state index is -0.433. The zero-order valence-electron chi connectivity index (χ0n) is 14.3. The number of aromatic nitrogens is 1. The molecule has 1 N–H and O–H groups in total. The van der Waals surface area contributed by atoms with E-state index in [4.69, 9.17) is 9.47 Å². The van der Waals surface area contributed by atoms with Gasteiger partial charge in [0.15, 0.2) is 0 Å². The number of nitrogens with one attached hydrogen (secondary N) is 1. The van der Waals surface area contributed by atoms with Crippen molar-refractivity contribution in [1.29, 1.82) is 0 Å². The molecular weight excluding hydrogens is 284 g/mol. The van der Waals surface area contributed by atoms with E-state index in [0.29, 0.717) is 48.1 Å². The molecule has 1 amide bonds. The molecule has 22 heavy (non-hydrogen) atoms. The topological polar surface area (TPSA) is 71.6 Å². The standard InChI is InChI=1S/C16H26N2O4/c1-10(2)9-18(7-8-21-5)15(19)14-11(3)13(12(4)17-14)16(20)22-6/h10,17H,7-9H2,1-6H3. The van der Waals surface area contributed by atoms with Crippen molar-refractivity contribution in [2.24, 2.45) is 5.92 Å². The number of carbonyl (C=O) groups excluding carboxylic acids is 2. The Bertz CT molecular complexity index is 534. The normalized spacial score (nSPS) is 10.9. The number of esters is 1. The Hall–Kier alpha value is -1.82. The van der Waals surface area contributed by atoms with Gasteiger partial charge in [0.25, 0.3) is 5.91 Å². The molecule has 0 aliphatic carbocycles. The highest BCUT2D eigenvalue weighted by molar-refractivity contribution is 6.00. The Morgan fingerprint density at radius 2 is 1.86 bits per heavy atom. The van der Waals surface area contributed by atoms with Crippen LogP contribution in [0.15, 0.2) is 0 Å². The highest BCUT2D eigenvalue weighted by atomic mass is 16.5. The van der Waals surface area contributed by atoms with E-state index in [1.165, 1.54) is 7.11 Å². The summed E-state index contributed by atoms with van der Waals surface area (Å²) in [5, 5.41) is 0. The zero-order valence-corrected chi connectivity index (χ0v) is 14.3. The molecule has 0 fully saturated rings. The van der Waals surface area contributed by atoms with Gasteiger partial charge in [-0.05, 0) is 25.3 Å². The van der Waals surface area contributed by atoms with Crippen molar-refractivity contribution in [2.45, 2.75) is 27.7 Å². The van der Waals surface area contributed by atoms with Crippen LogP contribution in [-0.4, -0.2) is 55.7 Å². The summed E-state index contributed by atoms with van der Waals surface area (Å²) in [6.45, 7) is 9.25. The average Bonchev–Trinajstić information content (AvgIpc) is 2.76. The van der Waals surface area contributed by atoms with E-state index in [2.05, 4.69) is 18.8 Å². The van der Waals surface area contributed by atoms with Crippen molar-refractivity contribution >= 4 is 11.9 Å². The van der Waals surface area contributed by atoms with Gasteiger partial charge in [-0.2, -0.15) is 0 Å². The number of rotatable bonds is 7. The zero-order chi connectivity index (χ0) is 16.9. The van der Waals surface area contributed by atoms with E-state index in [0.717, 1.165) is 0 Å². The van der Waals surface area contributed by atoms with Gasteiger partial charge in [-0.1, -0.05) is 13.8 Å². The van der Waals surface area contributed by atoms with Crippen LogP contribution in [0.2, 0.25) is 0 Å². The Kier molecular flexibility index (Phi) is 6.61. The number of ether oxygens (including phenoxy) is 2. The van der Waals surface area contributed by atoms with E-state index in [9.17, 15) is 9.59 Å². The first-order valence-electron chi connectivity index (χ1n) is 7.39. The quantitative estimate of drug-likeness (QED) is 0.783. The van der Waals surface area contributed by atoms with E-state index < -0.39 is 5.97 Å². The van der Waals surface area contributed by atoms with E-state index in [1.54, 1.807) is 25.9 Å². The smallest absolute Gasteiger partial charge is 0.339 e. The van der Waals surface area contributed by atoms with Gasteiger partial charge in [0.05, 0.1) is 19.3 Å². The van der Waals surface area contributed by atoms with Crippen LogP contribution in [0, 0.1) is 19.8 Å². The minimum Gasteiger partial charge on any atom is -0.465 e. The monoisotopic (exact) mass is 310 g/mol. The molecule has 0 radical (unpaired) electrons. The van der Waals surface area contributed by atoms with Crippen molar-refractivity contribution < 1.29 is 19.1 Å². The first-order valence-corrected chi connectivity index (χ1v) is 7.39. The molecule has 6 nitrogen and oxygen atoms in total. The van der Waals surface area contributed by atoms with Gasteiger partial charge in [0.2, 0.25) is 0 Å². The van der Waals surface area contributed by atoms with E-state index >= 15 is 0 Å². The van der Waals surface area contributed by atoms with E-state index in [-0.39, 0.29) is 5.91 Å². The number of methoxy groups -OCH3 is 2. The maximum Gasteiger partial charge on any atom is 0.339 e. The molecule has 0 spiro atoms. The van der Waals surface area contributed by atoms with Gasteiger partial charge in [0, 0.05) is 25.9 Å². The van der Waals surface area contributed by atoms with Crippen molar-refractivity contribution in [1.82, 2.24) is 9.88 Å². The Morgan fingerprint density at radius 1 is 1.23 bits per heavy atom. The Morgan fingerprint density at radius 3 is 2.36 bits per heavy atom. The summed E-state index contributed by atoms with van der Waals surface area (Å²) in [6.07, 6.45) is 0. The first kappa shape index (κ1) is 18.2. The number of carbonyl (C=O) groups is 2. The lowest BCUT2D eigenvalue weighted by atomic mass is 10.1. The van der Waals surface area contributed by atoms with Crippen molar-refractivity contribution in [3.63, 3.8) is 0 Å². The predicted octanol–water partition coefficient (Wildman–Crippen LogP) is 2.16. The van der Waals surface area contributed by atoms with Gasteiger partial charge < -0.3 is 19.4 Å². The number of nitrogens with zero attached hydrogens (tertiary/aromatic N) is 1. The van der Waals surface area contributed by atoms with Crippen molar-refractivity contribution in [3.05, 3.63) is 22.5 Å². The summed E-state index contributed by atoms with van der Waals surface area (Å²) in [4.78, 5) is 29.4. The lowest BCUT2D eigenvalue weighted by Crippen LogP contribution is -2.37. The molecule has 0 saturated heterocycles. The van der Waals surface area contributed by atoms with Gasteiger partial charge in [-0.15, -0.1) is 0 Å². The van der Waals surface area contributed by atoms with Gasteiger partial charge in [0.1, 0.15) is 5.69 Å². The summed E-state index contributed by atoms with van der Waals surface area (Å²) < 4.78 is 9.85. The number of aromatic amines is 1. The van der Waals surface area contributed by atoms with Crippen LogP contribution >= 0.6 is 0 Å². The minimum absolute atomic E-state index is 0.124. The highest BCUT2D eigenvalue weighted by Crippen LogP contribution is 2.20. The molecular formula is C16H26N2O4. The maximum atomic E-state index is 12.8. The lowest BCUT2D eigenvalue weighted by molar-refractivity contribution is 0.0599. The van der Waals surface area contributed by atoms with Gasteiger partial charge >= 0.3 is 5.97 Å². The molecule has 0 saturated carbocycles. The predicted molar refractivity (Wildman–Crippen MR) is 84.2 cm³/mol. The third-order valence-corrected chi connectivity index (χ3v) is 3.48. The van der Waals surface area contributed by atoms with Gasteiger partial charge in [-0.25, -0.2) is 4.79 Å². The fourth-order valence-electron chi connectivity index (χ4n) is 2.45. The second-order valence-electron chi connectivity index (χ2n) is 5.75. The second-order valence-corrected chi connectivity index (χ2v) is 5.75. The number of H-pyrrole nitrogens is 1. The van der Waals surface area contributed by atoms with Crippen LogP contribution in [0.5, 0.6) is 0 Å². The molecule has 0 unspecified atom stereocenters. The molecule has 1 aromatic heterocycles. The molecule has 1 heterocycles. The summed E-state index contributed by atoms with van der Waals surface area (Å²) >= 11 is 0.